The largest absolute Gasteiger partial charge is 0.457 e. The van der Waals surface area contributed by atoms with Crippen molar-refractivity contribution in [2.45, 2.75) is 18.3 Å². The molecule has 8 heteroatoms. The number of fused-ring (bicyclic) bond motifs is 4. The number of carbonyl (C=O) groups excluding carboxylic acids is 1. The minimum Gasteiger partial charge on any atom is -0.457 e. The van der Waals surface area contributed by atoms with Gasteiger partial charge in [0, 0.05) is 22.6 Å². The number of hydrogen-bond donors (Lipinski definition) is 1. The minimum absolute atomic E-state index is 0.116. The maximum absolute atomic E-state index is 12.8. The summed E-state index contributed by atoms with van der Waals surface area (Å²) >= 11 is 7.21. The minimum atomic E-state index is -1.28. The first-order valence-corrected chi connectivity index (χ1v) is 13.1. The summed E-state index contributed by atoms with van der Waals surface area (Å²) in [5.41, 5.74) is 3.88. The second kappa shape index (κ2) is 8.57. The van der Waals surface area contributed by atoms with Gasteiger partial charge in [-0.1, -0.05) is 72.3 Å². The van der Waals surface area contributed by atoms with Gasteiger partial charge >= 0.3 is 5.85 Å². The Morgan fingerprint density at radius 3 is 2.59 bits per heavy atom. The van der Waals surface area contributed by atoms with Crippen molar-refractivity contribution in [2.75, 3.05) is 0 Å². The van der Waals surface area contributed by atoms with Crippen LogP contribution in [0.5, 0.6) is 5.75 Å². The molecular formula is C29H20ClN3O3S. The van der Waals surface area contributed by atoms with Crippen LogP contribution in [0.1, 0.15) is 29.3 Å². The molecule has 1 N–H and O–H groups in total. The van der Waals surface area contributed by atoms with Crippen molar-refractivity contribution in [3.63, 3.8) is 0 Å². The molecule has 4 aromatic rings. The molecule has 0 radical (unpaired) electrons. The van der Waals surface area contributed by atoms with Gasteiger partial charge in [0.05, 0.1) is 16.7 Å². The third-order valence-corrected chi connectivity index (χ3v) is 7.87. The molecule has 3 aliphatic heterocycles. The molecule has 3 aliphatic rings. The number of nitrogens with one attached hydrogen (secondary N) is 1. The first-order chi connectivity index (χ1) is 18.1. The first-order valence-electron chi connectivity index (χ1n) is 11.9. The van der Waals surface area contributed by atoms with Crippen LogP contribution in [0.25, 0.3) is 17.4 Å². The van der Waals surface area contributed by atoms with Crippen molar-refractivity contribution in [1.29, 1.82) is 0 Å². The average Bonchev–Trinajstić information content (AvgIpc) is 3.64. The van der Waals surface area contributed by atoms with E-state index in [1.54, 1.807) is 0 Å². The highest BCUT2D eigenvalue weighted by Crippen LogP contribution is 2.52. The average molecular weight is 526 g/mol. The Morgan fingerprint density at radius 2 is 1.76 bits per heavy atom. The first kappa shape index (κ1) is 22.3. The molecule has 4 heterocycles. The maximum atomic E-state index is 12.8. The number of amides is 1. The fourth-order valence-corrected chi connectivity index (χ4v) is 6.01. The smallest absolute Gasteiger partial charge is 0.314 e. The Kier molecular flexibility index (Phi) is 5.16. The fourth-order valence-electron chi connectivity index (χ4n) is 5.00. The van der Waals surface area contributed by atoms with Crippen molar-refractivity contribution in [2.24, 2.45) is 5.10 Å². The van der Waals surface area contributed by atoms with Crippen LogP contribution < -0.4 is 10.1 Å². The highest BCUT2D eigenvalue weighted by Gasteiger charge is 2.58. The third kappa shape index (κ3) is 3.74. The summed E-state index contributed by atoms with van der Waals surface area (Å²) in [5.74, 6) is 0.807. The van der Waals surface area contributed by atoms with E-state index in [1.165, 1.54) is 0 Å². The summed E-state index contributed by atoms with van der Waals surface area (Å²) in [5, 5.41) is 10.4. The quantitative estimate of drug-likeness (QED) is 0.304. The SMILES string of the molecule is O=C1NC2(Oc3ccccc3C3CC(c4ccc(Cl)cc4)=NN32)C(=Cc2ccc(-c3ccccc3)o2)S1. The number of hydrazone groups is 1. The van der Waals surface area contributed by atoms with Crippen LogP contribution in [-0.2, 0) is 0 Å². The predicted molar refractivity (Wildman–Crippen MR) is 145 cm³/mol. The molecule has 1 aromatic heterocycles. The Balaban J connectivity index is 1.33. The molecular weight excluding hydrogens is 506 g/mol. The Hall–Kier alpha value is -3.94. The summed E-state index contributed by atoms with van der Waals surface area (Å²) < 4.78 is 12.7. The van der Waals surface area contributed by atoms with E-state index in [0.29, 0.717) is 22.1 Å². The van der Waals surface area contributed by atoms with Crippen LogP contribution in [0.3, 0.4) is 0 Å². The Labute approximate surface area is 222 Å². The highest BCUT2D eigenvalue weighted by atomic mass is 35.5. The molecule has 0 aliphatic carbocycles. The van der Waals surface area contributed by atoms with Gasteiger partial charge in [-0.15, -0.1) is 0 Å². The molecule has 7 rings (SSSR count). The van der Waals surface area contributed by atoms with E-state index in [1.807, 2.05) is 102 Å². The molecule has 0 bridgehead atoms. The van der Waals surface area contributed by atoms with E-state index in [-0.39, 0.29) is 11.3 Å². The van der Waals surface area contributed by atoms with Crippen molar-refractivity contribution < 1.29 is 13.9 Å². The molecule has 2 atom stereocenters. The summed E-state index contributed by atoms with van der Waals surface area (Å²) in [4.78, 5) is 13.5. The lowest BCUT2D eigenvalue weighted by Gasteiger charge is -2.44. The monoisotopic (exact) mass is 525 g/mol. The van der Waals surface area contributed by atoms with E-state index >= 15 is 0 Å². The van der Waals surface area contributed by atoms with Crippen LogP contribution in [-0.4, -0.2) is 21.8 Å². The van der Waals surface area contributed by atoms with Crippen molar-refractivity contribution >= 4 is 40.4 Å². The van der Waals surface area contributed by atoms with E-state index in [4.69, 9.17) is 25.9 Å². The Morgan fingerprint density at radius 1 is 0.973 bits per heavy atom. The lowest BCUT2D eigenvalue weighted by atomic mass is 9.96. The van der Waals surface area contributed by atoms with Gasteiger partial charge in [-0.2, -0.15) is 5.10 Å². The van der Waals surface area contributed by atoms with Gasteiger partial charge in [-0.3, -0.25) is 10.1 Å². The summed E-state index contributed by atoms with van der Waals surface area (Å²) in [6, 6.07) is 29.2. The number of halogens is 1. The number of carbonyl (C=O) groups is 1. The molecule has 1 fully saturated rings. The van der Waals surface area contributed by atoms with Crippen LogP contribution >= 0.6 is 23.4 Å². The number of thioether (sulfide) groups is 1. The maximum Gasteiger partial charge on any atom is 0.314 e. The molecule has 1 spiro atoms. The second-order valence-electron chi connectivity index (χ2n) is 8.99. The van der Waals surface area contributed by atoms with E-state index < -0.39 is 5.85 Å². The van der Waals surface area contributed by atoms with Crippen molar-refractivity contribution in [3.05, 3.63) is 118 Å². The van der Waals surface area contributed by atoms with Gasteiger partial charge in [-0.25, -0.2) is 5.01 Å². The third-order valence-electron chi connectivity index (χ3n) is 6.71. The molecule has 1 saturated heterocycles. The molecule has 182 valence electrons. The highest BCUT2D eigenvalue weighted by molar-refractivity contribution is 8.17. The van der Waals surface area contributed by atoms with Crippen LogP contribution in [0.2, 0.25) is 5.02 Å². The number of rotatable bonds is 3. The second-order valence-corrected chi connectivity index (χ2v) is 10.4. The molecule has 3 aromatic carbocycles. The van der Waals surface area contributed by atoms with Gasteiger partial charge in [0.2, 0.25) is 0 Å². The summed E-state index contributed by atoms with van der Waals surface area (Å²) in [6.07, 6.45) is 2.52. The number of benzene rings is 3. The van der Waals surface area contributed by atoms with Gasteiger partial charge in [-0.05, 0) is 53.7 Å². The van der Waals surface area contributed by atoms with Crippen LogP contribution in [0, 0.1) is 0 Å². The molecule has 2 unspecified atom stereocenters. The molecule has 37 heavy (non-hydrogen) atoms. The standard InChI is InChI=1S/C29H20ClN3O3S/c30-20-12-10-18(11-13-20)23-17-24-22-8-4-5-9-26(22)36-29(33(24)32-23)27(37-28(34)31-29)16-21-14-15-25(35-21)19-6-2-1-3-7-19/h1-16,24H,17H2,(H,31,34). The Bertz CT molecular complexity index is 1580. The van der Waals surface area contributed by atoms with E-state index in [0.717, 1.165) is 45.7 Å². The lowest BCUT2D eigenvalue weighted by Crippen LogP contribution is -2.61. The summed E-state index contributed by atoms with van der Waals surface area (Å²) in [6.45, 7) is 0. The van der Waals surface area contributed by atoms with E-state index in [9.17, 15) is 4.79 Å². The predicted octanol–water partition coefficient (Wildman–Crippen LogP) is 7.29. The van der Waals surface area contributed by atoms with Crippen LogP contribution in [0.4, 0.5) is 4.79 Å². The molecule has 1 amide bonds. The van der Waals surface area contributed by atoms with Crippen LogP contribution in [0.15, 0.2) is 105 Å². The number of nitrogens with zero attached hydrogens (tertiary/aromatic N) is 2. The number of hydrogen-bond acceptors (Lipinski definition) is 6. The van der Waals surface area contributed by atoms with Gasteiger partial charge < -0.3 is 9.15 Å². The zero-order valence-corrected chi connectivity index (χ0v) is 21.0. The van der Waals surface area contributed by atoms with Gasteiger partial charge in [0.15, 0.2) is 0 Å². The zero-order valence-electron chi connectivity index (χ0n) is 19.4. The summed E-state index contributed by atoms with van der Waals surface area (Å²) in [7, 11) is 0. The number of furan rings is 1. The normalized spacial score (nSPS) is 23.0. The molecule has 0 saturated carbocycles. The zero-order chi connectivity index (χ0) is 25.0. The van der Waals surface area contributed by atoms with Crippen molar-refractivity contribution in [3.8, 4) is 17.1 Å². The van der Waals surface area contributed by atoms with Gasteiger partial charge in [0.25, 0.3) is 5.24 Å². The van der Waals surface area contributed by atoms with Crippen molar-refractivity contribution in [1.82, 2.24) is 10.3 Å². The fraction of sp³-hybridized carbons (Fsp3) is 0.103. The lowest BCUT2D eigenvalue weighted by molar-refractivity contribution is -0.0949. The topological polar surface area (TPSA) is 67.1 Å². The molecule has 6 nitrogen and oxygen atoms in total. The van der Waals surface area contributed by atoms with Gasteiger partial charge in [0.1, 0.15) is 17.3 Å². The number of ether oxygens (including phenoxy) is 1. The number of para-hydroxylation sites is 1. The van der Waals surface area contributed by atoms with E-state index in [2.05, 4.69) is 5.32 Å².